The average molecular weight is 252 g/mol. The van der Waals surface area contributed by atoms with Gasteiger partial charge in [-0.3, -0.25) is 4.79 Å². The van der Waals surface area contributed by atoms with Crippen LogP contribution in [0.3, 0.4) is 0 Å². The lowest BCUT2D eigenvalue weighted by atomic mass is 10.2. The molecule has 0 N–H and O–H groups in total. The van der Waals surface area contributed by atoms with Crippen molar-refractivity contribution in [2.45, 2.75) is 38.0 Å². The molecule has 16 heavy (non-hydrogen) atoms. The zero-order chi connectivity index (χ0) is 13.0. The quantitative estimate of drug-likeness (QED) is 0.555. The van der Waals surface area contributed by atoms with Crippen LogP contribution in [0.4, 0.5) is 26.3 Å². The van der Waals surface area contributed by atoms with Gasteiger partial charge in [0, 0.05) is 6.42 Å². The zero-order valence-electron chi connectivity index (χ0n) is 8.28. The van der Waals surface area contributed by atoms with Gasteiger partial charge in [0.25, 0.3) is 6.17 Å². The van der Waals surface area contributed by atoms with E-state index in [0.29, 0.717) is 6.42 Å². The van der Waals surface area contributed by atoms with E-state index < -0.39 is 30.8 Å². The zero-order valence-corrected chi connectivity index (χ0v) is 8.28. The van der Waals surface area contributed by atoms with E-state index in [1.165, 1.54) is 0 Å². The van der Waals surface area contributed by atoms with Gasteiger partial charge < -0.3 is 4.74 Å². The number of carbonyl (C=O) groups is 1. The van der Waals surface area contributed by atoms with Crippen molar-refractivity contribution in [1.29, 1.82) is 0 Å². The van der Waals surface area contributed by atoms with Crippen LogP contribution in [0.15, 0.2) is 0 Å². The number of ether oxygens (including phenoxy) is 1. The first-order valence-electron chi connectivity index (χ1n) is 4.35. The number of rotatable bonds is 5. The van der Waals surface area contributed by atoms with Crippen LogP contribution >= 0.6 is 0 Å². The lowest BCUT2D eigenvalue weighted by Gasteiger charge is -2.22. The molecule has 0 aliphatic heterocycles. The molecule has 0 aromatic heterocycles. The predicted octanol–water partition coefficient (Wildman–Crippen LogP) is 2.87. The number of hydrogen-bond acceptors (Lipinski definition) is 2. The van der Waals surface area contributed by atoms with Gasteiger partial charge in [-0.15, -0.1) is 0 Å². The van der Waals surface area contributed by atoms with Crippen LogP contribution in [0, 0.1) is 0 Å². The Balaban J connectivity index is 4.30. The first kappa shape index (κ1) is 15.0. The highest BCUT2D eigenvalue weighted by atomic mass is 19.4. The molecule has 0 aromatic carbocycles. The van der Waals surface area contributed by atoms with Crippen LogP contribution in [0.2, 0.25) is 0 Å². The molecule has 0 bridgehead atoms. The Labute approximate surface area is 87.6 Å². The van der Waals surface area contributed by atoms with Crippen molar-refractivity contribution < 1.29 is 35.9 Å². The molecule has 0 aliphatic rings. The number of halogens is 6. The van der Waals surface area contributed by atoms with Crippen molar-refractivity contribution in [2.24, 2.45) is 0 Å². The van der Waals surface area contributed by atoms with Gasteiger partial charge in [0.1, 0.15) is 0 Å². The third-order valence-electron chi connectivity index (χ3n) is 1.54. The lowest BCUT2D eigenvalue weighted by molar-refractivity contribution is -0.254. The predicted molar refractivity (Wildman–Crippen MR) is 41.8 cm³/mol. The minimum absolute atomic E-state index is 0.209. The van der Waals surface area contributed by atoms with Gasteiger partial charge in [-0.25, -0.2) is 4.39 Å². The van der Waals surface area contributed by atoms with E-state index in [9.17, 15) is 31.1 Å². The monoisotopic (exact) mass is 252 g/mol. The average Bonchev–Trinajstić information content (AvgIpc) is 2.13. The summed E-state index contributed by atoms with van der Waals surface area (Å²) in [7, 11) is 0. The standard InChI is InChI=1S/C8H10F6O2/c1-2-3-5(15)16-4-7(10,11)6(9)8(12,13)14/h6H,2-4H2,1H3/t6-/m1/s1. The molecule has 0 aliphatic carbocycles. The van der Waals surface area contributed by atoms with Gasteiger partial charge in [-0.2, -0.15) is 22.0 Å². The van der Waals surface area contributed by atoms with Gasteiger partial charge in [-0.05, 0) is 6.42 Å². The van der Waals surface area contributed by atoms with Crippen LogP contribution < -0.4 is 0 Å². The second-order valence-electron chi connectivity index (χ2n) is 3.08. The molecule has 0 unspecified atom stereocenters. The fourth-order valence-electron chi connectivity index (χ4n) is 0.766. The molecule has 0 amide bonds. The Kier molecular flexibility index (Phi) is 5.08. The van der Waals surface area contributed by atoms with E-state index in [1.54, 1.807) is 6.92 Å². The molecule has 0 saturated carbocycles. The number of esters is 1. The van der Waals surface area contributed by atoms with E-state index >= 15 is 0 Å². The molecule has 0 aromatic rings. The highest BCUT2D eigenvalue weighted by molar-refractivity contribution is 5.69. The molecule has 2 nitrogen and oxygen atoms in total. The molecule has 0 spiro atoms. The summed E-state index contributed by atoms with van der Waals surface area (Å²) in [5.41, 5.74) is 0. The maximum atomic E-state index is 12.5. The summed E-state index contributed by atoms with van der Waals surface area (Å²) in [5, 5.41) is 0. The van der Waals surface area contributed by atoms with Crippen molar-refractivity contribution in [1.82, 2.24) is 0 Å². The van der Waals surface area contributed by atoms with Gasteiger partial charge >= 0.3 is 18.1 Å². The van der Waals surface area contributed by atoms with Crippen molar-refractivity contribution in [3.8, 4) is 0 Å². The van der Waals surface area contributed by atoms with Crippen molar-refractivity contribution in [2.75, 3.05) is 6.61 Å². The van der Waals surface area contributed by atoms with Crippen LogP contribution in [-0.4, -0.2) is 30.8 Å². The topological polar surface area (TPSA) is 26.3 Å². The Bertz CT molecular complexity index is 237. The Hall–Kier alpha value is -0.950. The van der Waals surface area contributed by atoms with E-state index in [0.717, 1.165) is 0 Å². The van der Waals surface area contributed by atoms with Crippen molar-refractivity contribution >= 4 is 5.97 Å². The molecule has 8 heteroatoms. The van der Waals surface area contributed by atoms with Gasteiger partial charge in [0.05, 0.1) is 0 Å². The fourth-order valence-corrected chi connectivity index (χ4v) is 0.766. The molecule has 0 heterocycles. The highest BCUT2D eigenvalue weighted by Crippen LogP contribution is 2.35. The molecular formula is C8H10F6O2. The summed E-state index contributed by atoms with van der Waals surface area (Å²) < 4.78 is 76.0. The molecule has 96 valence electrons. The minimum atomic E-state index is -5.68. The summed E-state index contributed by atoms with van der Waals surface area (Å²) in [6.45, 7) is -0.362. The lowest BCUT2D eigenvalue weighted by Crippen LogP contribution is -2.45. The normalized spacial score (nSPS) is 14.7. The van der Waals surface area contributed by atoms with Crippen LogP contribution in [0.25, 0.3) is 0 Å². The molecular weight excluding hydrogens is 242 g/mol. The molecule has 0 radical (unpaired) electrons. The summed E-state index contributed by atoms with van der Waals surface area (Å²) in [6, 6.07) is 0. The molecule has 1 atom stereocenters. The van der Waals surface area contributed by atoms with Crippen molar-refractivity contribution in [3.05, 3.63) is 0 Å². The largest absolute Gasteiger partial charge is 0.459 e. The van der Waals surface area contributed by atoms with E-state index in [-0.39, 0.29) is 6.42 Å². The summed E-state index contributed by atoms with van der Waals surface area (Å²) in [4.78, 5) is 10.6. The highest BCUT2D eigenvalue weighted by Gasteiger charge is 2.57. The smallest absolute Gasteiger partial charge is 0.425 e. The van der Waals surface area contributed by atoms with Crippen molar-refractivity contribution in [3.63, 3.8) is 0 Å². The maximum Gasteiger partial charge on any atom is 0.425 e. The Morgan fingerprint density at radius 1 is 1.25 bits per heavy atom. The third-order valence-corrected chi connectivity index (χ3v) is 1.54. The first-order valence-corrected chi connectivity index (χ1v) is 4.35. The van der Waals surface area contributed by atoms with Crippen LogP contribution in [-0.2, 0) is 9.53 Å². The van der Waals surface area contributed by atoms with E-state index in [2.05, 4.69) is 4.74 Å². The maximum absolute atomic E-state index is 12.5. The van der Waals surface area contributed by atoms with Gasteiger partial charge in [0.15, 0.2) is 6.61 Å². The molecule has 0 fully saturated rings. The van der Waals surface area contributed by atoms with Gasteiger partial charge in [-0.1, -0.05) is 6.92 Å². The second-order valence-corrected chi connectivity index (χ2v) is 3.08. The summed E-state index contributed by atoms with van der Waals surface area (Å²) >= 11 is 0. The Morgan fingerprint density at radius 2 is 1.75 bits per heavy atom. The van der Waals surface area contributed by atoms with Gasteiger partial charge in [0.2, 0.25) is 0 Å². The summed E-state index contributed by atoms with van der Waals surface area (Å²) in [5.74, 6) is -5.85. The molecule has 0 saturated heterocycles. The third kappa shape index (κ3) is 4.71. The minimum Gasteiger partial charge on any atom is -0.459 e. The summed E-state index contributed by atoms with van der Waals surface area (Å²) in [6.07, 6.45) is -9.93. The SMILES string of the molecule is CCCC(=O)OCC(F)(F)[C@@H](F)C(F)(F)F. The van der Waals surface area contributed by atoms with Crippen LogP contribution in [0.5, 0.6) is 0 Å². The van der Waals surface area contributed by atoms with E-state index in [1.807, 2.05) is 0 Å². The number of carbonyl (C=O) groups excluding carboxylic acids is 1. The fraction of sp³-hybridized carbons (Fsp3) is 0.875. The number of alkyl halides is 6. The molecule has 0 rings (SSSR count). The van der Waals surface area contributed by atoms with E-state index in [4.69, 9.17) is 0 Å². The number of hydrogen-bond donors (Lipinski definition) is 0. The second kappa shape index (κ2) is 5.40. The van der Waals surface area contributed by atoms with Crippen LogP contribution in [0.1, 0.15) is 19.8 Å². The Morgan fingerprint density at radius 3 is 2.12 bits per heavy atom. The first-order chi connectivity index (χ1) is 7.11.